The van der Waals surface area contributed by atoms with E-state index in [0.717, 1.165) is 0 Å². The van der Waals surface area contributed by atoms with Crippen molar-refractivity contribution in [1.29, 1.82) is 0 Å². The first-order chi connectivity index (χ1) is 49.5. The molecule has 7 rings (SSSR count). The highest BCUT2D eigenvalue weighted by Gasteiger charge is 2.28. The minimum Gasteiger partial charge on any atom is -0.445 e. The zero-order valence-electron chi connectivity index (χ0n) is 56.3. The molecule has 102 heavy (non-hydrogen) atoms. The molecule has 30 nitrogen and oxygen atoms in total. The summed E-state index contributed by atoms with van der Waals surface area (Å²) in [6.07, 6.45) is -5.73. The van der Waals surface area contributed by atoms with Crippen molar-refractivity contribution in [2.24, 2.45) is 0 Å². The van der Waals surface area contributed by atoms with E-state index < -0.39 is 111 Å². The van der Waals surface area contributed by atoms with Crippen molar-refractivity contribution < 1.29 is 86.0 Å². The lowest BCUT2D eigenvalue weighted by molar-refractivity contribution is -0.138. The summed E-state index contributed by atoms with van der Waals surface area (Å²) < 4.78 is 32.3. The van der Waals surface area contributed by atoms with Gasteiger partial charge in [0, 0.05) is 78.5 Å². The van der Waals surface area contributed by atoms with Gasteiger partial charge < -0.3 is 89.7 Å². The average Bonchev–Trinajstić information content (AvgIpc) is 0.886. The molecular weight excluding hydrogens is 1320 g/mol. The number of hydrogen-bond donors (Lipinski definition) is 6. The summed E-state index contributed by atoms with van der Waals surface area (Å²) in [6.45, 7) is -8.83. The highest BCUT2D eigenvalue weighted by Crippen LogP contribution is 2.10. The molecule has 0 saturated carbocycles. The van der Waals surface area contributed by atoms with Crippen LogP contribution in [0.1, 0.15) is 33.4 Å². The van der Waals surface area contributed by atoms with E-state index in [9.17, 15) is 57.5 Å². The number of nitrogens with one attached hydrogen (secondary N) is 6. The molecule has 0 aliphatic carbocycles. The van der Waals surface area contributed by atoms with Crippen molar-refractivity contribution >= 4 is 72.0 Å². The van der Waals surface area contributed by atoms with Crippen LogP contribution in [0.25, 0.3) is 0 Å². The van der Waals surface area contributed by atoms with Gasteiger partial charge in [0.15, 0.2) is 0 Å². The number of amides is 12. The molecule has 1 fully saturated rings. The Hall–Kier alpha value is -12.2. The van der Waals surface area contributed by atoms with Gasteiger partial charge in [-0.15, -0.1) is 0 Å². The summed E-state index contributed by atoms with van der Waals surface area (Å²) in [5, 5.41) is 14.7. The van der Waals surface area contributed by atoms with E-state index >= 15 is 0 Å². The number of carbonyl (C=O) groups is 12. The van der Waals surface area contributed by atoms with Gasteiger partial charge in [-0.05, 0) is 33.4 Å². The van der Waals surface area contributed by atoms with Crippen molar-refractivity contribution in [3.63, 3.8) is 0 Å². The van der Waals surface area contributed by atoms with Crippen LogP contribution >= 0.6 is 0 Å². The van der Waals surface area contributed by atoms with E-state index in [2.05, 4.69) is 31.9 Å². The van der Waals surface area contributed by atoms with Crippen molar-refractivity contribution in [2.75, 3.05) is 118 Å². The van der Waals surface area contributed by atoms with Crippen LogP contribution in [-0.2, 0) is 96.8 Å². The van der Waals surface area contributed by atoms with Crippen LogP contribution in [0.15, 0.2) is 182 Å². The van der Waals surface area contributed by atoms with E-state index in [4.69, 9.17) is 28.4 Å². The number of carbonyl (C=O) groups excluding carboxylic acids is 12. The lowest BCUT2D eigenvalue weighted by Gasteiger charge is -2.34. The van der Waals surface area contributed by atoms with Crippen molar-refractivity contribution in [2.45, 2.75) is 39.6 Å². The smallest absolute Gasteiger partial charge is 0.407 e. The number of ether oxygens (including phenoxy) is 6. The van der Waals surface area contributed by atoms with Crippen LogP contribution in [-0.4, -0.2) is 219 Å². The third kappa shape index (κ3) is 29.5. The van der Waals surface area contributed by atoms with Crippen LogP contribution in [0.4, 0.5) is 28.8 Å². The highest BCUT2D eigenvalue weighted by atomic mass is 16.6. The van der Waals surface area contributed by atoms with E-state index in [1.807, 2.05) is 0 Å². The molecule has 1 aliphatic heterocycles. The second kappa shape index (κ2) is 43.2. The second-order valence-corrected chi connectivity index (χ2v) is 22.8. The van der Waals surface area contributed by atoms with Crippen molar-refractivity contribution in [1.82, 2.24) is 61.3 Å². The quantitative estimate of drug-likeness (QED) is 0.0453. The fourth-order valence-electron chi connectivity index (χ4n) is 9.82. The predicted molar refractivity (Wildman–Crippen MR) is 367 cm³/mol. The van der Waals surface area contributed by atoms with Crippen LogP contribution < -0.4 is 31.9 Å². The second-order valence-electron chi connectivity index (χ2n) is 22.8. The Morgan fingerprint density at radius 3 is 0.441 bits per heavy atom. The molecular formula is C72H84N12O18. The number of hydrogen-bond acceptors (Lipinski definition) is 18. The van der Waals surface area contributed by atoms with Gasteiger partial charge in [0.05, 0.1) is 0 Å². The fraction of sp³-hybridized carbons (Fsp3) is 0.333. The summed E-state index contributed by atoms with van der Waals surface area (Å²) in [5.74, 6) is -4.42. The van der Waals surface area contributed by atoms with Gasteiger partial charge >= 0.3 is 36.6 Å². The van der Waals surface area contributed by atoms with Gasteiger partial charge in [0.25, 0.3) is 0 Å². The molecule has 6 aromatic rings. The number of alkyl carbamates (subject to hydrolysis) is 6. The Morgan fingerprint density at radius 1 is 0.206 bits per heavy atom. The molecule has 0 aromatic heterocycles. The molecule has 1 saturated heterocycles. The Morgan fingerprint density at radius 2 is 0.324 bits per heavy atom. The molecule has 6 aromatic carbocycles. The summed E-state index contributed by atoms with van der Waals surface area (Å²) in [6, 6.07) is 52.5. The predicted octanol–water partition coefficient (Wildman–Crippen LogP) is 4.53. The van der Waals surface area contributed by atoms with Gasteiger partial charge in [-0.2, -0.15) is 0 Å². The fourth-order valence-corrected chi connectivity index (χ4v) is 9.82. The minimum absolute atomic E-state index is 0.139. The highest BCUT2D eigenvalue weighted by molar-refractivity contribution is 5.86. The van der Waals surface area contributed by atoms with Gasteiger partial charge in [0.2, 0.25) is 35.4 Å². The van der Waals surface area contributed by atoms with Crippen LogP contribution in [0.5, 0.6) is 0 Å². The topological polar surface area (TPSA) is 352 Å². The zero-order valence-corrected chi connectivity index (χ0v) is 56.3. The Balaban J connectivity index is 1.21. The number of benzene rings is 6. The summed E-state index contributed by atoms with van der Waals surface area (Å²) >= 11 is 0. The lowest BCUT2D eigenvalue weighted by Crippen LogP contribution is -2.54. The standard InChI is InChI=1S/C72H84N12O18/c85-61(43-73-67(91)97-49-55-19-7-1-8-20-55)79-31-33-80(62(86)44-74-68(92)98-50-56-21-9-2-10-22-56)35-37-82(64(88)46-76-70(94)100-52-58-25-13-4-14-26-58)39-41-84(66(90)48-78-72(96)102-54-60-29-17-6-18-30-60)42-40-83(65(89)47-77-71(95)101-53-59-27-15-5-16-28-59)38-36-81(34-32-79)63(87)45-75-69(93)99-51-57-23-11-3-12-24-57/h1-30H,31-54H2,(H,73,91)(H,74,92)(H,75,93)(H,76,94)(H,77,95)(H,78,96). The SMILES string of the molecule is O=C(NCC(=O)N1CCN(C(=O)CNC(=O)OCc2ccccc2)CCN(C(=O)CNC(=O)OCc2ccccc2)CCN(C(=O)CNC(=O)OCc2ccccc2)CCN(C(=O)CNC(=O)OCc2ccccc2)CCN(C(=O)CNC(=O)OCc2ccccc2)CC1)OCc1ccccc1. The molecule has 1 heterocycles. The molecule has 1 aliphatic rings. The molecule has 0 atom stereocenters. The Bertz CT molecular complexity index is 3030. The maximum atomic E-state index is 14.6. The largest absolute Gasteiger partial charge is 0.445 e. The average molecular weight is 1410 g/mol. The lowest BCUT2D eigenvalue weighted by atomic mass is 10.2. The first-order valence-electron chi connectivity index (χ1n) is 32.9. The molecule has 12 amide bonds. The molecule has 0 spiro atoms. The van der Waals surface area contributed by atoms with Gasteiger partial charge in [0.1, 0.15) is 78.9 Å². The molecule has 30 heteroatoms. The van der Waals surface area contributed by atoms with Gasteiger partial charge in [-0.3, -0.25) is 28.8 Å². The third-order valence-electron chi connectivity index (χ3n) is 15.5. The molecule has 6 N–H and O–H groups in total. The van der Waals surface area contributed by atoms with E-state index in [1.54, 1.807) is 182 Å². The van der Waals surface area contributed by atoms with Gasteiger partial charge in [-0.1, -0.05) is 182 Å². The first-order valence-corrected chi connectivity index (χ1v) is 32.9. The first kappa shape index (κ1) is 77.1. The minimum atomic E-state index is -0.956. The van der Waals surface area contributed by atoms with Crippen LogP contribution in [0.2, 0.25) is 0 Å². The van der Waals surface area contributed by atoms with E-state index in [0.29, 0.717) is 33.4 Å². The summed E-state index contributed by atoms with van der Waals surface area (Å²) in [5.41, 5.74) is 3.95. The van der Waals surface area contributed by atoms with Gasteiger partial charge in [-0.25, -0.2) is 28.8 Å². The zero-order chi connectivity index (χ0) is 72.5. The van der Waals surface area contributed by atoms with Crippen LogP contribution in [0, 0.1) is 0 Å². The summed E-state index contributed by atoms with van der Waals surface area (Å²) in [4.78, 5) is 174. The van der Waals surface area contributed by atoms with Crippen molar-refractivity contribution in [3.05, 3.63) is 215 Å². The normalized spacial score (nSPS) is 13.1. The summed E-state index contributed by atoms with van der Waals surface area (Å²) in [7, 11) is 0. The molecule has 0 radical (unpaired) electrons. The van der Waals surface area contributed by atoms with E-state index in [1.165, 1.54) is 29.4 Å². The monoisotopic (exact) mass is 1400 g/mol. The molecule has 0 bridgehead atoms. The maximum absolute atomic E-state index is 14.6. The Kier molecular flexibility index (Phi) is 32.7. The van der Waals surface area contributed by atoms with Crippen LogP contribution in [0.3, 0.4) is 0 Å². The van der Waals surface area contributed by atoms with E-state index in [-0.39, 0.29) is 118 Å². The molecule has 0 unspecified atom stereocenters. The number of nitrogens with zero attached hydrogens (tertiary/aromatic N) is 6. The molecule has 540 valence electrons. The van der Waals surface area contributed by atoms with Crippen molar-refractivity contribution in [3.8, 4) is 0 Å². The maximum Gasteiger partial charge on any atom is 0.407 e. The third-order valence-corrected chi connectivity index (χ3v) is 15.5. The Labute approximate surface area is 589 Å². The number of rotatable bonds is 24.